The quantitative estimate of drug-likeness (QED) is 0.882. The fraction of sp³-hybridized carbons (Fsp3) is 0.250. The number of nitrogens with zero attached hydrogens (tertiary/aromatic N) is 1. The minimum atomic E-state index is -4.54. The molecule has 0 aliphatic carbocycles. The number of benzene rings is 1. The van der Waals surface area contributed by atoms with Gasteiger partial charge in [0.1, 0.15) is 0 Å². The topological polar surface area (TPSA) is 62.5 Å². The smallest absolute Gasteiger partial charge is 0.418 e. The van der Waals surface area contributed by atoms with Crippen molar-refractivity contribution in [2.24, 2.45) is 7.05 Å². The maximum atomic E-state index is 12.9. The molecule has 0 aliphatic rings. The highest BCUT2D eigenvalue weighted by molar-refractivity contribution is 5.91. The molecule has 2 aromatic rings. The van der Waals surface area contributed by atoms with Crippen molar-refractivity contribution in [3.05, 3.63) is 35.5 Å². The zero-order valence-corrected chi connectivity index (χ0v) is 9.77. The molecule has 0 amide bonds. The Kier molecular flexibility index (Phi) is 3.01. The van der Waals surface area contributed by atoms with Crippen LogP contribution in [0, 0.1) is 0 Å². The van der Waals surface area contributed by atoms with Gasteiger partial charge < -0.3 is 14.8 Å². The molecular weight excluding hydrogens is 263 g/mol. The maximum Gasteiger partial charge on any atom is 0.418 e. The second-order valence-corrected chi connectivity index (χ2v) is 4.14. The SMILES string of the molecule is Cn1cc(C(O)C(=O)O)c2cccc(C(F)(F)F)c21. The molecule has 0 aliphatic heterocycles. The van der Waals surface area contributed by atoms with E-state index in [4.69, 9.17) is 5.11 Å². The number of para-hydroxylation sites is 1. The van der Waals surface area contributed by atoms with E-state index >= 15 is 0 Å². The number of hydrogen-bond donors (Lipinski definition) is 2. The van der Waals surface area contributed by atoms with Gasteiger partial charge in [-0.05, 0) is 6.07 Å². The largest absolute Gasteiger partial charge is 0.479 e. The van der Waals surface area contributed by atoms with Gasteiger partial charge in [0.2, 0.25) is 0 Å². The van der Waals surface area contributed by atoms with Gasteiger partial charge in [0.25, 0.3) is 0 Å². The number of carbonyl (C=O) groups is 1. The van der Waals surface area contributed by atoms with Gasteiger partial charge in [-0.3, -0.25) is 0 Å². The third kappa shape index (κ3) is 2.17. The molecule has 1 atom stereocenters. The van der Waals surface area contributed by atoms with Crippen LogP contribution < -0.4 is 0 Å². The number of alkyl halides is 3. The lowest BCUT2D eigenvalue weighted by Gasteiger charge is -2.10. The van der Waals surface area contributed by atoms with Crippen LogP contribution in [-0.2, 0) is 18.0 Å². The maximum absolute atomic E-state index is 12.9. The van der Waals surface area contributed by atoms with Crippen LogP contribution in [-0.4, -0.2) is 20.7 Å². The Hall–Kier alpha value is -2.02. The van der Waals surface area contributed by atoms with E-state index < -0.39 is 23.8 Å². The van der Waals surface area contributed by atoms with Crippen molar-refractivity contribution in [3.8, 4) is 0 Å². The summed E-state index contributed by atoms with van der Waals surface area (Å²) in [5.41, 5.74) is -1.07. The van der Waals surface area contributed by atoms with E-state index in [0.29, 0.717) is 0 Å². The lowest BCUT2D eigenvalue weighted by Crippen LogP contribution is -2.10. The molecule has 1 unspecified atom stereocenters. The molecule has 2 N–H and O–H groups in total. The highest BCUT2D eigenvalue weighted by Gasteiger charge is 2.34. The van der Waals surface area contributed by atoms with Gasteiger partial charge in [0, 0.05) is 24.2 Å². The van der Waals surface area contributed by atoms with Crippen LogP contribution in [0.15, 0.2) is 24.4 Å². The molecule has 2 rings (SSSR count). The molecule has 1 aromatic carbocycles. The van der Waals surface area contributed by atoms with E-state index in [1.54, 1.807) is 0 Å². The summed E-state index contributed by atoms with van der Waals surface area (Å²) in [5.74, 6) is -1.51. The van der Waals surface area contributed by atoms with Gasteiger partial charge in [-0.1, -0.05) is 12.1 Å². The number of carboxylic acid groups (broad SMARTS) is 1. The molecule has 1 aromatic heterocycles. The summed E-state index contributed by atoms with van der Waals surface area (Å²) < 4.78 is 39.8. The third-order valence-corrected chi connectivity index (χ3v) is 2.87. The van der Waals surface area contributed by atoms with Crippen molar-refractivity contribution in [1.29, 1.82) is 0 Å². The summed E-state index contributed by atoms with van der Waals surface area (Å²) in [4.78, 5) is 10.8. The predicted molar refractivity (Wildman–Crippen MR) is 60.5 cm³/mol. The lowest BCUT2D eigenvalue weighted by molar-refractivity contribution is -0.146. The number of rotatable bonds is 2. The Morgan fingerprint density at radius 1 is 1.37 bits per heavy atom. The second kappa shape index (κ2) is 4.27. The van der Waals surface area contributed by atoms with E-state index in [1.165, 1.54) is 29.9 Å². The number of halogens is 3. The zero-order valence-electron chi connectivity index (χ0n) is 9.77. The third-order valence-electron chi connectivity index (χ3n) is 2.87. The average molecular weight is 273 g/mol. The summed E-state index contributed by atoms with van der Waals surface area (Å²) in [6.45, 7) is 0. The van der Waals surface area contributed by atoms with E-state index in [1.807, 2.05) is 0 Å². The number of aryl methyl sites for hydroxylation is 1. The van der Waals surface area contributed by atoms with Crippen LogP contribution in [0.4, 0.5) is 13.2 Å². The zero-order chi connectivity index (χ0) is 14.4. The number of hydrogen-bond acceptors (Lipinski definition) is 2. The monoisotopic (exact) mass is 273 g/mol. The fourth-order valence-electron chi connectivity index (χ4n) is 2.08. The van der Waals surface area contributed by atoms with Crippen LogP contribution in [0.25, 0.3) is 10.9 Å². The number of aliphatic hydroxyl groups excluding tert-OH is 1. The standard InChI is InChI=1S/C12H10F3NO3/c1-16-5-7(10(17)11(18)19)6-3-2-4-8(9(6)16)12(13,14)15/h2-5,10,17H,1H3,(H,18,19). The van der Waals surface area contributed by atoms with Crippen LogP contribution in [0.2, 0.25) is 0 Å². The summed E-state index contributed by atoms with van der Waals surface area (Å²) in [7, 11) is 1.37. The first-order chi connectivity index (χ1) is 8.73. The molecule has 0 radical (unpaired) electrons. The van der Waals surface area contributed by atoms with Crippen molar-refractivity contribution in [2.75, 3.05) is 0 Å². The van der Waals surface area contributed by atoms with Crippen molar-refractivity contribution >= 4 is 16.9 Å². The van der Waals surface area contributed by atoms with E-state index in [-0.39, 0.29) is 16.5 Å². The molecule has 102 valence electrons. The van der Waals surface area contributed by atoms with Crippen molar-refractivity contribution < 1.29 is 28.2 Å². The van der Waals surface area contributed by atoms with Crippen LogP contribution >= 0.6 is 0 Å². The summed E-state index contributed by atoms with van der Waals surface area (Å²) in [6.07, 6.45) is -5.21. The first-order valence-corrected chi connectivity index (χ1v) is 5.29. The van der Waals surface area contributed by atoms with E-state index in [2.05, 4.69) is 0 Å². The van der Waals surface area contributed by atoms with Gasteiger partial charge in [0.05, 0.1) is 11.1 Å². The molecule has 7 heteroatoms. The summed E-state index contributed by atoms with van der Waals surface area (Å²) in [6, 6.07) is 3.45. The number of carboxylic acids is 1. The Labute approximate surface area is 105 Å². The fourth-order valence-corrected chi connectivity index (χ4v) is 2.08. The summed E-state index contributed by atoms with van der Waals surface area (Å²) >= 11 is 0. The van der Waals surface area contributed by atoms with E-state index in [9.17, 15) is 23.1 Å². The van der Waals surface area contributed by atoms with E-state index in [0.717, 1.165) is 6.07 Å². The van der Waals surface area contributed by atoms with Gasteiger partial charge in [-0.2, -0.15) is 13.2 Å². The minimum Gasteiger partial charge on any atom is -0.479 e. The molecule has 4 nitrogen and oxygen atoms in total. The molecule has 1 heterocycles. The normalized spacial score (nSPS) is 13.7. The molecule has 0 saturated carbocycles. The molecule has 0 bridgehead atoms. The molecule has 0 saturated heterocycles. The van der Waals surface area contributed by atoms with Gasteiger partial charge in [-0.15, -0.1) is 0 Å². The van der Waals surface area contributed by atoms with Crippen LogP contribution in [0.3, 0.4) is 0 Å². The molecule has 0 fully saturated rings. The Bertz CT molecular complexity index is 645. The highest BCUT2D eigenvalue weighted by Crippen LogP contribution is 2.37. The Morgan fingerprint density at radius 2 is 2.00 bits per heavy atom. The summed E-state index contributed by atoms with van der Waals surface area (Å²) in [5, 5.41) is 18.3. The van der Waals surface area contributed by atoms with Gasteiger partial charge >= 0.3 is 12.1 Å². The van der Waals surface area contributed by atoms with Crippen LogP contribution in [0.5, 0.6) is 0 Å². The van der Waals surface area contributed by atoms with Crippen molar-refractivity contribution in [3.63, 3.8) is 0 Å². The number of aromatic nitrogens is 1. The first kappa shape index (κ1) is 13.4. The highest BCUT2D eigenvalue weighted by atomic mass is 19.4. The number of aliphatic hydroxyl groups is 1. The van der Waals surface area contributed by atoms with Crippen molar-refractivity contribution in [2.45, 2.75) is 12.3 Å². The Balaban J connectivity index is 2.77. The number of fused-ring (bicyclic) bond motifs is 1. The van der Waals surface area contributed by atoms with Crippen LogP contribution in [0.1, 0.15) is 17.2 Å². The lowest BCUT2D eigenvalue weighted by atomic mass is 10.1. The van der Waals surface area contributed by atoms with Gasteiger partial charge in [-0.25, -0.2) is 4.79 Å². The predicted octanol–water partition coefficient (Wildman–Crippen LogP) is 2.32. The average Bonchev–Trinajstić information content (AvgIpc) is 2.64. The Morgan fingerprint density at radius 3 is 2.53 bits per heavy atom. The second-order valence-electron chi connectivity index (χ2n) is 4.14. The number of aliphatic carboxylic acids is 1. The molecule has 0 spiro atoms. The minimum absolute atomic E-state index is 0.0592. The molecule has 19 heavy (non-hydrogen) atoms. The van der Waals surface area contributed by atoms with Crippen molar-refractivity contribution in [1.82, 2.24) is 4.57 Å². The van der Waals surface area contributed by atoms with Gasteiger partial charge in [0.15, 0.2) is 6.10 Å². The first-order valence-electron chi connectivity index (χ1n) is 5.29. The molecular formula is C12H10F3NO3.